The molecule has 6 heteroatoms. The number of nitrogens with one attached hydrogen (secondary N) is 2. The molecule has 1 aliphatic heterocycles. The van der Waals surface area contributed by atoms with Crippen molar-refractivity contribution in [1.29, 1.82) is 0 Å². The fourth-order valence-corrected chi connectivity index (χ4v) is 3.65. The summed E-state index contributed by atoms with van der Waals surface area (Å²) in [7, 11) is 0. The molecular weight excluding hydrogens is 306 g/mol. The molecule has 0 aromatic rings. The highest BCUT2D eigenvalue weighted by Crippen LogP contribution is 2.43. The van der Waals surface area contributed by atoms with Crippen molar-refractivity contribution in [2.24, 2.45) is 17.3 Å². The Balaban J connectivity index is 1.98. The van der Waals surface area contributed by atoms with E-state index in [4.69, 9.17) is 0 Å². The highest BCUT2D eigenvalue weighted by atomic mass is 16.2. The lowest BCUT2D eigenvalue weighted by molar-refractivity contribution is -0.136. The Labute approximate surface area is 144 Å². The molecule has 0 bridgehead atoms. The molecular formula is C18H31N3O3. The first-order valence-electron chi connectivity index (χ1n) is 8.96. The van der Waals surface area contributed by atoms with Crippen molar-refractivity contribution in [2.45, 2.75) is 65.8 Å². The van der Waals surface area contributed by atoms with Gasteiger partial charge in [0, 0.05) is 6.54 Å². The SMILES string of the molecule is CC(C)CNC(=O)CN1C(=O)NC2(CCC(C(C)(C)C)CC2)C1=O. The minimum Gasteiger partial charge on any atom is -0.354 e. The van der Waals surface area contributed by atoms with Crippen molar-refractivity contribution in [2.75, 3.05) is 13.1 Å². The predicted molar refractivity (Wildman–Crippen MR) is 92.2 cm³/mol. The second-order valence-corrected chi connectivity index (χ2v) is 8.74. The van der Waals surface area contributed by atoms with Crippen LogP contribution in [0.3, 0.4) is 0 Å². The molecule has 0 aromatic carbocycles. The van der Waals surface area contributed by atoms with Crippen LogP contribution in [0.4, 0.5) is 4.79 Å². The van der Waals surface area contributed by atoms with E-state index >= 15 is 0 Å². The van der Waals surface area contributed by atoms with Crippen LogP contribution in [0.25, 0.3) is 0 Å². The van der Waals surface area contributed by atoms with Crippen LogP contribution in [0, 0.1) is 17.3 Å². The quantitative estimate of drug-likeness (QED) is 0.773. The Morgan fingerprint density at radius 3 is 2.38 bits per heavy atom. The largest absolute Gasteiger partial charge is 0.354 e. The summed E-state index contributed by atoms with van der Waals surface area (Å²) in [6.07, 6.45) is 3.15. The molecule has 24 heavy (non-hydrogen) atoms. The van der Waals surface area contributed by atoms with Crippen molar-refractivity contribution >= 4 is 17.8 Å². The maximum atomic E-state index is 12.8. The third-order valence-electron chi connectivity index (χ3n) is 5.32. The van der Waals surface area contributed by atoms with Crippen LogP contribution in [0.1, 0.15) is 60.3 Å². The summed E-state index contributed by atoms with van der Waals surface area (Å²) >= 11 is 0. The zero-order valence-electron chi connectivity index (χ0n) is 15.6. The first kappa shape index (κ1) is 18.7. The molecule has 136 valence electrons. The standard InChI is InChI=1S/C18H31N3O3/c1-12(2)10-19-14(22)11-21-15(23)18(20-16(21)24)8-6-13(7-9-18)17(3,4)5/h12-13H,6-11H2,1-5H3,(H,19,22)(H,20,24). The zero-order chi connectivity index (χ0) is 18.1. The summed E-state index contributed by atoms with van der Waals surface area (Å²) in [4.78, 5) is 38.1. The third-order valence-corrected chi connectivity index (χ3v) is 5.32. The molecule has 1 heterocycles. The topological polar surface area (TPSA) is 78.5 Å². The summed E-state index contributed by atoms with van der Waals surface area (Å²) < 4.78 is 0. The maximum absolute atomic E-state index is 12.8. The fourth-order valence-electron chi connectivity index (χ4n) is 3.65. The number of urea groups is 1. The number of amides is 4. The zero-order valence-corrected chi connectivity index (χ0v) is 15.6. The highest BCUT2D eigenvalue weighted by molar-refractivity contribution is 6.09. The summed E-state index contributed by atoms with van der Waals surface area (Å²) in [6, 6.07) is -0.436. The van der Waals surface area contributed by atoms with Gasteiger partial charge in [-0.2, -0.15) is 0 Å². The van der Waals surface area contributed by atoms with Gasteiger partial charge in [-0.15, -0.1) is 0 Å². The van der Waals surface area contributed by atoms with Gasteiger partial charge < -0.3 is 10.6 Å². The lowest BCUT2D eigenvalue weighted by atomic mass is 9.67. The summed E-state index contributed by atoms with van der Waals surface area (Å²) in [6.45, 7) is 11.0. The van der Waals surface area contributed by atoms with Gasteiger partial charge in [0.15, 0.2) is 0 Å². The van der Waals surface area contributed by atoms with Gasteiger partial charge in [0.1, 0.15) is 12.1 Å². The van der Waals surface area contributed by atoms with Gasteiger partial charge in [-0.1, -0.05) is 34.6 Å². The molecule has 1 saturated carbocycles. The summed E-state index contributed by atoms with van der Waals surface area (Å²) in [5, 5.41) is 5.62. The molecule has 0 radical (unpaired) electrons. The van der Waals surface area contributed by atoms with Crippen LogP contribution in [0.15, 0.2) is 0 Å². The first-order chi connectivity index (χ1) is 11.0. The van der Waals surface area contributed by atoms with E-state index in [1.54, 1.807) is 0 Å². The normalized spacial score (nSPS) is 27.8. The van der Waals surface area contributed by atoms with Gasteiger partial charge in [0.05, 0.1) is 0 Å². The van der Waals surface area contributed by atoms with Gasteiger partial charge in [0.2, 0.25) is 5.91 Å². The van der Waals surface area contributed by atoms with Crippen LogP contribution in [0.2, 0.25) is 0 Å². The molecule has 2 N–H and O–H groups in total. The van der Waals surface area contributed by atoms with Crippen LogP contribution in [0.5, 0.6) is 0 Å². The fraction of sp³-hybridized carbons (Fsp3) is 0.833. The smallest absolute Gasteiger partial charge is 0.325 e. The highest BCUT2D eigenvalue weighted by Gasteiger charge is 2.53. The Morgan fingerprint density at radius 2 is 1.88 bits per heavy atom. The van der Waals surface area contributed by atoms with Gasteiger partial charge in [-0.05, 0) is 42.9 Å². The molecule has 1 saturated heterocycles. The third kappa shape index (κ3) is 3.90. The summed E-state index contributed by atoms with van der Waals surface area (Å²) in [5.41, 5.74) is -0.582. The molecule has 0 unspecified atom stereocenters. The molecule has 2 rings (SSSR count). The average molecular weight is 337 g/mol. The number of carbonyl (C=O) groups is 3. The van der Waals surface area contributed by atoms with Gasteiger partial charge in [-0.25, -0.2) is 4.79 Å². The van der Waals surface area contributed by atoms with Gasteiger partial charge >= 0.3 is 6.03 Å². The minimum atomic E-state index is -0.794. The van der Waals surface area contributed by atoms with Crippen LogP contribution in [-0.2, 0) is 9.59 Å². The van der Waals surface area contributed by atoms with E-state index in [-0.39, 0.29) is 23.8 Å². The monoisotopic (exact) mass is 337 g/mol. The molecule has 2 aliphatic rings. The number of nitrogens with zero attached hydrogens (tertiary/aromatic N) is 1. The Bertz CT molecular complexity index is 514. The van der Waals surface area contributed by atoms with Crippen molar-refractivity contribution in [1.82, 2.24) is 15.5 Å². The van der Waals surface area contributed by atoms with E-state index in [0.717, 1.165) is 17.7 Å². The number of hydrogen-bond acceptors (Lipinski definition) is 3. The number of rotatable bonds is 4. The second kappa shape index (κ2) is 6.73. The van der Waals surface area contributed by atoms with Crippen molar-refractivity contribution < 1.29 is 14.4 Å². The van der Waals surface area contributed by atoms with E-state index in [2.05, 4.69) is 31.4 Å². The molecule has 4 amide bonds. The van der Waals surface area contributed by atoms with E-state index in [1.165, 1.54) is 0 Å². The van der Waals surface area contributed by atoms with Crippen molar-refractivity contribution in [3.8, 4) is 0 Å². The average Bonchev–Trinajstić information content (AvgIpc) is 2.69. The summed E-state index contributed by atoms with van der Waals surface area (Å²) in [5.74, 6) is 0.361. The molecule has 1 aliphatic carbocycles. The molecule has 2 fully saturated rings. The number of carbonyl (C=O) groups excluding carboxylic acids is 3. The van der Waals surface area contributed by atoms with Gasteiger partial charge in [0.25, 0.3) is 5.91 Å². The van der Waals surface area contributed by atoms with Gasteiger partial charge in [-0.3, -0.25) is 14.5 Å². The Kier molecular flexibility index (Phi) is 5.25. The van der Waals surface area contributed by atoms with Crippen LogP contribution < -0.4 is 10.6 Å². The lowest BCUT2D eigenvalue weighted by Gasteiger charge is -2.40. The number of hydrogen-bond donors (Lipinski definition) is 2. The number of imide groups is 1. The van der Waals surface area contributed by atoms with Crippen LogP contribution >= 0.6 is 0 Å². The Hall–Kier alpha value is -1.59. The molecule has 0 aromatic heterocycles. The molecule has 0 atom stereocenters. The lowest BCUT2D eigenvalue weighted by Crippen LogP contribution is -2.51. The van der Waals surface area contributed by atoms with Crippen LogP contribution in [-0.4, -0.2) is 41.4 Å². The maximum Gasteiger partial charge on any atom is 0.325 e. The Morgan fingerprint density at radius 1 is 1.29 bits per heavy atom. The van der Waals surface area contributed by atoms with E-state index in [9.17, 15) is 14.4 Å². The second-order valence-electron chi connectivity index (χ2n) is 8.74. The predicted octanol–water partition coefficient (Wildman–Crippen LogP) is 2.29. The molecule has 1 spiro atoms. The van der Waals surface area contributed by atoms with E-state index < -0.39 is 11.6 Å². The van der Waals surface area contributed by atoms with E-state index in [0.29, 0.717) is 31.2 Å². The van der Waals surface area contributed by atoms with E-state index in [1.807, 2.05) is 13.8 Å². The van der Waals surface area contributed by atoms with Crippen molar-refractivity contribution in [3.63, 3.8) is 0 Å². The first-order valence-corrected chi connectivity index (χ1v) is 8.96. The minimum absolute atomic E-state index is 0.193. The molecule has 6 nitrogen and oxygen atoms in total. The van der Waals surface area contributed by atoms with Crippen molar-refractivity contribution in [3.05, 3.63) is 0 Å².